The van der Waals surface area contributed by atoms with Gasteiger partial charge in [0.05, 0.1) is 11.2 Å². The summed E-state index contributed by atoms with van der Waals surface area (Å²) in [4.78, 5) is 0. The number of phenolic OH excluding ortho intramolecular Hbond substituents is 1. The molecule has 1 aromatic carbocycles. The van der Waals surface area contributed by atoms with Crippen molar-refractivity contribution in [3.63, 3.8) is 0 Å². The number of hydrogen-bond acceptors (Lipinski definition) is 3. The van der Waals surface area contributed by atoms with Crippen molar-refractivity contribution >= 4 is 13.2 Å². The van der Waals surface area contributed by atoms with Crippen molar-refractivity contribution in [3.8, 4) is 5.75 Å². The minimum atomic E-state index is -0.643. The topological polar surface area (TPSA) is 38.7 Å². The minimum absolute atomic E-state index is 0.354. The molecule has 0 aromatic heterocycles. The summed E-state index contributed by atoms with van der Waals surface area (Å²) in [6.45, 7) is 7.89. The number of phenols is 1. The molecule has 1 fully saturated rings. The lowest BCUT2D eigenvalue weighted by Crippen LogP contribution is -2.41. The molecule has 5 heteroatoms. The highest BCUT2D eigenvalue weighted by Crippen LogP contribution is 2.37. The second kappa shape index (κ2) is 4.65. The molecule has 2 rings (SSSR count). The quantitative estimate of drug-likeness (QED) is 0.834. The van der Waals surface area contributed by atoms with E-state index in [0.29, 0.717) is 5.56 Å². The maximum Gasteiger partial charge on any atom is 0.487 e. The Kier molecular flexibility index (Phi) is 3.45. The number of aromatic hydroxyl groups is 1. The van der Waals surface area contributed by atoms with Crippen LogP contribution in [0.3, 0.4) is 0 Å². The molecule has 1 N–H and O–H groups in total. The van der Waals surface area contributed by atoms with Gasteiger partial charge in [-0.3, -0.25) is 0 Å². The van der Waals surface area contributed by atoms with Crippen molar-refractivity contribution in [1.29, 1.82) is 0 Å². The van der Waals surface area contributed by atoms with Crippen LogP contribution in [0, 0.1) is 5.82 Å². The third kappa shape index (κ3) is 2.82. The largest absolute Gasteiger partial charge is 0.505 e. The Labute approximate surface area is 113 Å². The molecule has 0 spiro atoms. The van der Waals surface area contributed by atoms with Crippen LogP contribution in [0.15, 0.2) is 24.2 Å². The molecule has 1 heterocycles. The second-order valence-electron chi connectivity index (χ2n) is 5.69. The highest BCUT2D eigenvalue weighted by molar-refractivity contribution is 6.52. The van der Waals surface area contributed by atoms with Crippen molar-refractivity contribution in [2.24, 2.45) is 0 Å². The Hall–Kier alpha value is -1.33. The number of halogens is 1. The van der Waals surface area contributed by atoms with E-state index in [4.69, 9.17) is 14.4 Å². The molecular formula is C14H18BFO3. The first-order chi connectivity index (χ1) is 8.71. The van der Waals surface area contributed by atoms with E-state index >= 15 is 0 Å². The molecule has 0 amide bonds. The standard InChI is InChI=1S/C14H18BFO3/c1-13(2)14(3,4)19-15(18-13)8-7-10-5-6-12(17)11(16)9-10/h5-9,17H,1-4H3/b8-7+. The molecule has 1 aromatic rings. The smallest absolute Gasteiger partial charge is 0.487 e. The first-order valence-electron chi connectivity index (χ1n) is 6.24. The van der Waals surface area contributed by atoms with E-state index in [-0.39, 0.29) is 17.0 Å². The number of hydrogen-bond donors (Lipinski definition) is 1. The maximum absolute atomic E-state index is 13.2. The fourth-order valence-corrected chi connectivity index (χ4v) is 1.78. The van der Waals surface area contributed by atoms with Crippen molar-refractivity contribution in [1.82, 2.24) is 0 Å². The molecule has 0 aliphatic carbocycles. The lowest BCUT2D eigenvalue weighted by Gasteiger charge is -2.32. The zero-order chi connectivity index (χ0) is 14.3. The molecule has 102 valence electrons. The summed E-state index contributed by atoms with van der Waals surface area (Å²) >= 11 is 0. The van der Waals surface area contributed by atoms with Gasteiger partial charge in [-0.25, -0.2) is 4.39 Å². The zero-order valence-corrected chi connectivity index (χ0v) is 11.6. The van der Waals surface area contributed by atoms with Gasteiger partial charge in [-0.1, -0.05) is 18.1 Å². The van der Waals surface area contributed by atoms with Gasteiger partial charge in [-0.05, 0) is 45.4 Å². The molecule has 0 unspecified atom stereocenters. The van der Waals surface area contributed by atoms with Gasteiger partial charge in [-0.15, -0.1) is 0 Å². The van der Waals surface area contributed by atoms with E-state index in [1.165, 1.54) is 12.1 Å². The van der Waals surface area contributed by atoms with E-state index in [1.807, 2.05) is 27.7 Å². The predicted molar refractivity (Wildman–Crippen MR) is 73.2 cm³/mol. The normalized spacial score (nSPS) is 21.2. The first-order valence-corrected chi connectivity index (χ1v) is 6.24. The maximum atomic E-state index is 13.2. The number of benzene rings is 1. The zero-order valence-electron chi connectivity index (χ0n) is 11.6. The highest BCUT2D eigenvalue weighted by atomic mass is 19.1. The van der Waals surface area contributed by atoms with Gasteiger partial charge in [0.1, 0.15) is 0 Å². The van der Waals surface area contributed by atoms with Crippen LogP contribution in [0.2, 0.25) is 0 Å². The fourth-order valence-electron chi connectivity index (χ4n) is 1.78. The van der Waals surface area contributed by atoms with Crippen LogP contribution >= 0.6 is 0 Å². The molecule has 1 aliphatic rings. The summed E-state index contributed by atoms with van der Waals surface area (Å²) in [6.07, 6.45) is 1.71. The van der Waals surface area contributed by atoms with Crippen molar-refractivity contribution in [3.05, 3.63) is 35.6 Å². The molecule has 0 radical (unpaired) electrons. The lowest BCUT2D eigenvalue weighted by atomic mass is 9.89. The van der Waals surface area contributed by atoms with Crippen LogP contribution in [0.25, 0.3) is 6.08 Å². The molecular weight excluding hydrogens is 246 g/mol. The Morgan fingerprint density at radius 3 is 2.26 bits per heavy atom. The summed E-state index contributed by atoms with van der Waals surface area (Å²) in [6, 6.07) is 4.20. The Morgan fingerprint density at radius 1 is 1.16 bits per heavy atom. The van der Waals surface area contributed by atoms with Crippen LogP contribution in [0.5, 0.6) is 5.75 Å². The second-order valence-corrected chi connectivity index (χ2v) is 5.69. The van der Waals surface area contributed by atoms with Gasteiger partial charge in [0.25, 0.3) is 0 Å². The van der Waals surface area contributed by atoms with Crippen molar-refractivity contribution in [2.75, 3.05) is 0 Å². The predicted octanol–water partition coefficient (Wildman–Crippen LogP) is 3.18. The monoisotopic (exact) mass is 264 g/mol. The molecule has 3 nitrogen and oxygen atoms in total. The van der Waals surface area contributed by atoms with Gasteiger partial charge in [0.2, 0.25) is 0 Å². The van der Waals surface area contributed by atoms with Crippen LogP contribution in [0.4, 0.5) is 4.39 Å². The summed E-state index contributed by atoms with van der Waals surface area (Å²) in [5.41, 5.74) is -0.130. The lowest BCUT2D eigenvalue weighted by molar-refractivity contribution is 0.00578. The minimum Gasteiger partial charge on any atom is -0.505 e. The van der Waals surface area contributed by atoms with Gasteiger partial charge in [0.15, 0.2) is 11.6 Å². The van der Waals surface area contributed by atoms with Crippen LogP contribution in [-0.2, 0) is 9.31 Å². The Balaban J connectivity index is 2.10. The molecule has 0 saturated carbocycles. The van der Waals surface area contributed by atoms with E-state index in [2.05, 4.69) is 0 Å². The van der Waals surface area contributed by atoms with Gasteiger partial charge in [0, 0.05) is 0 Å². The van der Waals surface area contributed by atoms with Crippen molar-refractivity contribution < 1.29 is 18.8 Å². The van der Waals surface area contributed by atoms with Gasteiger partial charge >= 0.3 is 7.12 Å². The van der Waals surface area contributed by atoms with Crippen molar-refractivity contribution in [2.45, 2.75) is 38.9 Å². The van der Waals surface area contributed by atoms with Crippen LogP contribution in [0.1, 0.15) is 33.3 Å². The van der Waals surface area contributed by atoms with E-state index < -0.39 is 12.9 Å². The summed E-state index contributed by atoms with van der Waals surface area (Å²) in [5, 5.41) is 9.11. The average Bonchev–Trinajstić information content (AvgIpc) is 2.49. The third-order valence-electron chi connectivity index (χ3n) is 3.69. The molecule has 1 aliphatic heterocycles. The van der Waals surface area contributed by atoms with Gasteiger partial charge < -0.3 is 14.4 Å². The van der Waals surface area contributed by atoms with Gasteiger partial charge in [-0.2, -0.15) is 0 Å². The molecule has 19 heavy (non-hydrogen) atoms. The summed E-state index contributed by atoms with van der Waals surface area (Å²) < 4.78 is 24.8. The van der Waals surface area contributed by atoms with Crippen LogP contribution < -0.4 is 0 Å². The first kappa shape index (κ1) is 14.1. The third-order valence-corrected chi connectivity index (χ3v) is 3.69. The van der Waals surface area contributed by atoms with E-state index in [1.54, 1.807) is 18.1 Å². The Bertz CT molecular complexity index is 495. The summed E-state index contributed by atoms with van der Waals surface area (Å²) in [5.74, 6) is 0.742. The van der Waals surface area contributed by atoms with E-state index in [0.717, 1.165) is 0 Å². The molecule has 1 saturated heterocycles. The Morgan fingerprint density at radius 2 is 1.74 bits per heavy atom. The van der Waals surface area contributed by atoms with E-state index in [9.17, 15) is 4.39 Å². The fraction of sp³-hybridized carbons (Fsp3) is 0.429. The number of rotatable bonds is 2. The molecule has 0 atom stereocenters. The summed E-state index contributed by atoms with van der Waals surface area (Å²) in [7, 11) is -0.457. The molecule has 0 bridgehead atoms. The SMILES string of the molecule is CC1(C)OB(/C=C/c2ccc(O)c(F)c2)OC1(C)C. The van der Waals surface area contributed by atoms with Crippen LogP contribution in [-0.4, -0.2) is 23.4 Å². The highest BCUT2D eigenvalue weighted by Gasteiger charge is 2.49. The average molecular weight is 264 g/mol.